The van der Waals surface area contributed by atoms with Crippen molar-refractivity contribution in [3.05, 3.63) is 107 Å². The van der Waals surface area contributed by atoms with Gasteiger partial charge in [-0.2, -0.15) is 0 Å². The molecule has 3 aromatic rings. The van der Waals surface area contributed by atoms with E-state index in [2.05, 4.69) is 86.7 Å². The van der Waals surface area contributed by atoms with Crippen molar-refractivity contribution < 1.29 is 4.74 Å². The lowest BCUT2D eigenvalue weighted by Gasteiger charge is -2.26. The van der Waals surface area contributed by atoms with Crippen molar-refractivity contribution >= 4 is 16.8 Å². The number of fused-ring (bicyclic) bond motifs is 1. The zero-order valence-electron chi connectivity index (χ0n) is 17.8. The molecule has 2 N–H and O–H groups in total. The van der Waals surface area contributed by atoms with Gasteiger partial charge in [0, 0.05) is 11.1 Å². The molecule has 1 aliphatic rings. The van der Waals surface area contributed by atoms with Crippen LogP contribution in [-0.2, 0) is 6.42 Å². The lowest BCUT2D eigenvalue weighted by Crippen LogP contribution is -2.14. The highest BCUT2D eigenvalue weighted by atomic mass is 16.5. The van der Waals surface area contributed by atoms with Crippen LogP contribution in [-0.4, -0.2) is 0 Å². The summed E-state index contributed by atoms with van der Waals surface area (Å²) in [5.74, 6) is 0.924. The van der Waals surface area contributed by atoms with Crippen LogP contribution in [0.5, 0.6) is 5.75 Å². The third-order valence-electron chi connectivity index (χ3n) is 5.75. The van der Waals surface area contributed by atoms with Crippen LogP contribution in [0.4, 0.5) is 0 Å². The molecule has 1 atom stereocenters. The van der Waals surface area contributed by atoms with E-state index in [1.165, 1.54) is 22.1 Å². The second kappa shape index (κ2) is 9.04. The van der Waals surface area contributed by atoms with Gasteiger partial charge in [-0.3, -0.25) is 0 Å². The first kappa shape index (κ1) is 20.0. The maximum atomic E-state index is 6.80. The summed E-state index contributed by atoms with van der Waals surface area (Å²) >= 11 is 0. The van der Waals surface area contributed by atoms with Crippen LogP contribution in [0, 0.1) is 0 Å². The Morgan fingerprint density at radius 1 is 0.967 bits per heavy atom. The average Bonchev–Trinajstić information content (AvgIpc) is 2.79. The van der Waals surface area contributed by atoms with E-state index < -0.39 is 0 Å². The standard InChI is InChI=1S/C28H29NO/c1-3-10-22-19-27(26-14-9-8-13-25(26)24(22)4-2)30-28(20-11-6-5-7-12-20)21-15-17-23(29)18-16-21/h3,5-15,17,19,28H,4,16,18,29H2,1-2H3/b10-3-. The molecule has 152 valence electrons. The molecule has 2 heteroatoms. The molecule has 0 radical (unpaired) electrons. The van der Waals surface area contributed by atoms with Crippen LogP contribution < -0.4 is 10.5 Å². The zero-order chi connectivity index (χ0) is 20.9. The molecule has 0 aromatic heterocycles. The lowest BCUT2D eigenvalue weighted by molar-refractivity contribution is 0.240. The van der Waals surface area contributed by atoms with Crippen LogP contribution in [0.3, 0.4) is 0 Å². The maximum Gasteiger partial charge on any atom is 0.145 e. The first-order chi connectivity index (χ1) is 14.7. The number of nitrogens with two attached hydrogens (primary N) is 1. The second-order valence-corrected chi connectivity index (χ2v) is 7.73. The van der Waals surface area contributed by atoms with Gasteiger partial charge in [0.1, 0.15) is 11.9 Å². The van der Waals surface area contributed by atoms with Gasteiger partial charge in [-0.25, -0.2) is 0 Å². The topological polar surface area (TPSA) is 35.2 Å². The number of hydrogen-bond acceptors (Lipinski definition) is 2. The third kappa shape index (κ3) is 4.04. The van der Waals surface area contributed by atoms with Gasteiger partial charge < -0.3 is 10.5 Å². The van der Waals surface area contributed by atoms with Crippen molar-refractivity contribution in [2.75, 3.05) is 0 Å². The molecule has 1 unspecified atom stereocenters. The van der Waals surface area contributed by atoms with Crippen LogP contribution in [0.25, 0.3) is 16.8 Å². The lowest BCUT2D eigenvalue weighted by atomic mass is 9.92. The molecule has 0 saturated heterocycles. The number of rotatable bonds is 6. The van der Waals surface area contributed by atoms with Gasteiger partial charge in [-0.15, -0.1) is 0 Å². The molecular formula is C28H29NO. The summed E-state index contributed by atoms with van der Waals surface area (Å²) in [5, 5.41) is 2.43. The Morgan fingerprint density at radius 3 is 2.37 bits per heavy atom. The highest BCUT2D eigenvalue weighted by Gasteiger charge is 2.22. The molecule has 0 saturated carbocycles. The predicted octanol–water partition coefficient (Wildman–Crippen LogP) is 7.12. The molecule has 30 heavy (non-hydrogen) atoms. The maximum absolute atomic E-state index is 6.80. The van der Waals surface area contributed by atoms with Gasteiger partial charge in [0.05, 0.1) is 0 Å². The minimum Gasteiger partial charge on any atom is -0.481 e. The van der Waals surface area contributed by atoms with E-state index in [0.717, 1.165) is 41.7 Å². The van der Waals surface area contributed by atoms with E-state index >= 15 is 0 Å². The molecule has 2 nitrogen and oxygen atoms in total. The molecule has 3 aromatic carbocycles. The molecule has 0 aliphatic heterocycles. The summed E-state index contributed by atoms with van der Waals surface area (Å²) in [6, 6.07) is 21.2. The van der Waals surface area contributed by atoms with Crippen molar-refractivity contribution in [2.24, 2.45) is 5.73 Å². The predicted molar refractivity (Wildman–Crippen MR) is 127 cm³/mol. The van der Waals surface area contributed by atoms with Crippen LogP contribution >= 0.6 is 0 Å². The third-order valence-corrected chi connectivity index (χ3v) is 5.75. The molecule has 4 rings (SSSR count). The van der Waals surface area contributed by atoms with Gasteiger partial charge >= 0.3 is 0 Å². The monoisotopic (exact) mass is 395 g/mol. The summed E-state index contributed by atoms with van der Waals surface area (Å²) in [7, 11) is 0. The minimum absolute atomic E-state index is 0.134. The van der Waals surface area contributed by atoms with Crippen molar-refractivity contribution in [3.63, 3.8) is 0 Å². The molecule has 0 bridgehead atoms. The number of aryl methyl sites for hydroxylation is 1. The Balaban J connectivity index is 1.86. The highest BCUT2D eigenvalue weighted by Crippen LogP contribution is 2.38. The fraction of sp³-hybridized carbons (Fsp3) is 0.214. The van der Waals surface area contributed by atoms with E-state index in [1.807, 2.05) is 12.1 Å². The number of ether oxygens (including phenoxy) is 1. The van der Waals surface area contributed by atoms with Crippen molar-refractivity contribution in [1.82, 2.24) is 0 Å². The van der Waals surface area contributed by atoms with Crippen LogP contribution in [0.2, 0.25) is 0 Å². The fourth-order valence-electron chi connectivity index (χ4n) is 4.24. The summed E-state index contributed by atoms with van der Waals surface area (Å²) in [5.41, 5.74) is 11.9. The Kier molecular flexibility index (Phi) is 6.04. The van der Waals surface area contributed by atoms with Crippen LogP contribution in [0.1, 0.15) is 49.5 Å². The fourth-order valence-corrected chi connectivity index (χ4v) is 4.24. The number of benzene rings is 3. The normalized spacial score (nSPS) is 15.1. The van der Waals surface area contributed by atoms with E-state index in [-0.39, 0.29) is 6.10 Å². The Bertz CT molecular complexity index is 1120. The van der Waals surface area contributed by atoms with Gasteiger partial charge in [-0.05, 0) is 66.0 Å². The summed E-state index contributed by atoms with van der Waals surface area (Å²) < 4.78 is 6.80. The smallest absolute Gasteiger partial charge is 0.145 e. The highest BCUT2D eigenvalue weighted by molar-refractivity contribution is 5.94. The second-order valence-electron chi connectivity index (χ2n) is 7.73. The molecule has 1 aliphatic carbocycles. The molecule has 0 fully saturated rings. The quantitative estimate of drug-likeness (QED) is 0.482. The number of hydrogen-bond donors (Lipinski definition) is 1. The molecule has 0 amide bonds. The largest absolute Gasteiger partial charge is 0.481 e. The van der Waals surface area contributed by atoms with Crippen molar-refractivity contribution in [1.29, 1.82) is 0 Å². The van der Waals surface area contributed by atoms with Crippen molar-refractivity contribution in [2.45, 2.75) is 39.2 Å². The Hall–Kier alpha value is -3.26. The van der Waals surface area contributed by atoms with E-state index in [0.29, 0.717) is 0 Å². The van der Waals surface area contributed by atoms with Gasteiger partial charge in [0.25, 0.3) is 0 Å². The SMILES string of the molecule is C/C=C\c1cc(OC(C2=CC=C(N)CC2)c2ccccc2)c2ccccc2c1CC. The minimum atomic E-state index is -0.134. The summed E-state index contributed by atoms with van der Waals surface area (Å²) in [6.07, 6.45) is 11.1. The first-order valence-electron chi connectivity index (χ1n) is 10.7. The van der Waals surface area contributed by atoms with Gasteiger partial charge in [0.15, 0.2) is 0 Å². The molecule has 0 heterocycles. The average molecular weight is 396 g/mol. The number of allylic oxidation sites excluding steroid dienone is 4. The Labute approximate surface area is 179 Å². The summed E-state index contributed by atoms with van der Waals surface area (Å²) in [6.45, 7) is 4.27. The van der Waals surface area contributed by atoms with Crippen molar-refractivity contribution in [3.8, 4) is 5.75 Å². The Morgan fingerprint density at radius 2 is 1.70 bits per heavy atom. The first-order valence-corrected chi connectivity index (χ1v) is 10.7. The zero-order valence-corrected chi connectivity index (χ0v) is 17.8. The van der Waals surface area contributed by atoms with Gasteiger partial charge in [0.2, 0.25) is 0 Å². The van der Waals surface area contributed by atoms with E-state index in [4.69, 9.17) is 10.5 Å². The van der Waals surface area contributed by atoms with Crippen LogP contribution in [0.15, 0.2) is 90.2 Å². The molecule has 0 spiro atoms. The van der Waals surface area contributed by atoms with Gasteiger partial charge in [-0.1, -0.05) is 79.7 Å². The molecular weight excluding hydrogens is 366 g/mol. The summed E-state index contributed by atoms with van der Waals surface area (Å²) in [4.78, 5) is 0. The van der Waals surface area contributed by atoms with E-state index in [1.54, 1.807) is 0 Å². The van der Waals surface area contributed by atoms with E-state index in [9.17, 15) is 0 Å².